The first-order valence-electron chi connectivity index (χ1n) is 5.91. The van der Waals surface area contributed by atoms with Gasteiger partial charge in [-0.2, -0.15) is 0 Å². The Balaban J connectivity index is 2.21. The Labute approximate surface area is 111 Å². The molecule has 0 aliphatic heterocycles. The van der Waals surface area contributed by atoms with Crippen LogP contribution < -0.4 is 16.6 Å². The lowest BCUT2D eigenvalue weighted by Crippen LogP contribution is -2.14. The summed E-state index contributed by atoms with van der Waals surface area (Å²) in [5, 5.41) is 2.84. The van der Waals surface area contributed by atoms with E-state index in [1.54, 1.807) is 30.6 Å². The average molecular weight is 256 g/mol. The summed E-state index contributed by atoms with van der Waals surface area (Å²) in [6.45, 7) is 3.81. The molecule has 0 aliphatic carbocycles. The van der Waals surface area contributed by atoms with Gasteiger partial charge in [0.1, 0.15) is 0 Å². The molecule has 0 aliphatic rings. The van der Waals surface area contributed by atoms with Crippen LogP contribution in [0.15, 0.2) is 36.7 Å². The van der Waals surface area contributed by atoms with Gasteiger partial charge in [0.2, 0.25) is 0 Å². The number of nitrogens with zero attached hydrogens (tertiary/aromatic N) is 1. The van der Waals surface area contributed by atoms with Crippen LogP contribution in [0.1, 0.15) is 21.5 Å². The van der Waals surface area contributed by atoms with Crippen LogP contribution >= 0.6 is 0 Å². The third-order valence-electron chi connectivity index (χ3n) is 2.93. The van der Waals surface area contributed by atoms with E-state index in [2.05, 4.69) is 15.7 Å². The predicted molar refractivity (Wildman–Crippen MR) is 75.9 cm³/mol. The molecule has 1 heterocycles. The maximum absolute atomic E-state index is 12.1. The van der Waals surface area contributed by atoms with Crippen molar-refractivity contribution in [2.75, 3.05) is 10.7 Å². The molecule has 0 unspecified atom stereocenters. The highest BCUT2D eigenvalue weighted by atomic mass is 16.1. The first-order valence-corrected chi connectivity index (χ1v) is 5.91. The molecule has 1 aromatic carbocycles. The van der Waals surface area contributed by atoms with Gasteiger partial charge in [0.15, 0.2) is 0 Å². The van der Waals surface area contributed by atoms with Crippen LogP contribution in [0, 0.1) is 13.8 Å². The van der Waals surface area contributed by atoms with Gasteiger partial charge in [-0.25, -0.2) is 0 Å². The number of aryl methyl sites for hydroxylation is 2. The number of benzene rings is 1. The highest BCUT2D eigenvalue weighted by molar-refractivity contribution is 6.04. The number of anilines is 2. The highest BCUT2D eigenvalue weighted by Crippen LogP contribution is 2.17. The number of amides is 1. The van der Waals surface area contributed by atoms with Crippen LogP contribution in [-0.2, 0) is 0 Å². The Kier molecular flexibility index (Phi) is 3.77. The Hall–Kier alpha value is -2.40. The van der Waals surface area contributed by atoms with Gasteiger partial charge in [-0.1, -0.05) is 0 Å². The third kappa shape index (κ3) is 2.89. The van der Waals surface area contributed by atoms with Crippen molar-refractivity contribution < 1.29 is 4.79 Å². The SMILES string of the molecule is Cc1cc(C(=O)Nc2cnccc2C)ccc1NN. The normalized spacial score (nSPS) is 10.1. The van der Waals surface area contributed by atoms with Gasteiger partial charge in [-0.3, -0.25) is 15.6 Å². The molecule has 1 amide bonds. The second-order valence-corrected chi connectivity index (χ2v) is 4.32. The average Bonchev–Trinajstić information content (AvgIpc) is 2.41. The molecule has 1 aromatic heterocycles. The molecule has 0 spiro atoms. The van der Waals surface area contributed by atoms with E-state index in [1.807, 2.05) is 19.9 Å². The monoisotopic (exact) mass is 256 g/mol. The molecule has 98 valence electrons. The van der Waals surface area contributed by atoms with Crippen molar-refractivity contribution in [3.05, 3.63) is 53.3 Å². The first kappa shape index (κ1) is 13.0. The van der Waals surface area contributed by atoms with Crippen LogP contribution in [0.4, 0.5) is 11.4 Å². The number of nitrogen functional groups attached to an aromatic ring is 1. The lowest BCUT2D eigenvalue weighted by Gasteiger charge is -2.10. The molecule has 0 fully saturated rings. The molecule has 2 aromatic rings. The summed E-state index contributed by atoms with van der Waals surface area (Å²) in [5.41, 5.74) is 6.56. The fraction of sp³-hybridized carbons (Fsp3) is 0.143. The van der Waals surface area contributed by atoms with Gasteiger partial charge in [0.05, 0.1) is 17.6 Å². The molecular weight excluding hydrogens is 240 g/mol. The number of nitrogens with one attached hydrogen (secondary N) is 2. The smallest absolute Gasteiger partial charge is 0.255 e. The van der Waals surface area contributed by atoms with Crippen LogP contribution in [-0.4, -0.2) is 10.9 Å². The van der Waals surface area contributed by atoms with E-state index in [0.717, 1.165) is 16.8 Å². The number of aromatic nitrogens is 1. The fourth-order valence-corrected chi connectivity index (χ4v) is 1.76. The quantitative estimate of drug-likeness (QED) is 0.581. The zero-order chi connectivity index (χ0) is 13.8. The number of nitrogens with two attached hydrogens (primary N) is 1. The van der Waals surface area contributed by atoms with Crippen LogP contribution in [0.3, 0.4) is 0 Å². The lowest BCUT2D eigenvalue weighted by atomic mass is 10.1. The zero-order valence-electron chi connectivity index (χ0n) is 10.9. The molecule has 0 atom stereocenters. The third-order valence-corrected chi connectivity index (χ3v) is 2.93. The van der Waals surface area contributed by atoms with Crippen molar-refractivity contribution in [2.24, 2.45) is 5.84 Å². The topological polar surface area (TPSA) is 80.0 Å². The van der Waals surface area contributed by atoms with Crippen molar-refractivity contribution in [1.29, 1.82) is 0 Å². The highest BCUT2D eigenvalue weighted by Gasteiger charge is 2.09. The molecule has 0 saturated heterocycles. The van der Waals surface area contributed by atoms with Gasteiger partial charge in [0.25, 0.3) is 5.91 Å². The molecular formula is C14H16N4O. The van der Waals surface area contributed by atoms with Crippen LogP contribution in [0.2, 0.25) is 0 Å². The van der Waals surface area contributed by atoms with Gasteiger partial charge in [-0.15, -0.1) is 0 Å². The van der Waals surface area contributed by atoms with Gasteiger partial charge in [-0.05, 0) is 49.2 Å². The molecule has 0 saturated carbocycles. The fourth-order valence-electron chi connectivity index (χ4n) is 1.76. The van der Waals surface area contributed by atoms with E-state index in [-0.39, 0.29) is 5.91 Å². The summed E-state index contributed by atoms with van der Waals surface area (Å²) < 4.78 is 0. The minimum Gasteiger partial charge on any atom is -0.324 e. The van der Waals surface area contributed by atoms with E-state index in [9.17, 15) is 4.79 Å². The second-order valence-electron chi connectivity index (χ2n) is 4.32. The van der Waals surface area contributed by atoms with Crippen molar-refractivity contribution in [3.8, 4) is 0 Å². The van der Waals surface area contributed by atoms with E-state index < -0.39 is 0 Å². The molecule has 19 heavy (non-hydrogen) atoms. The predicted octanol–water partition coefficient (Wildman–Crippen LogP) is 2.24. The Morgan fingerprint density at radius 1 is 1.16 bits per heavy atom. The summed E-state index contributed by atoms with van der Waals surface area (Å²) in [7, 11) is 0. The second kappa shape index (κ2) is 5.49. The maximum atomic E-state index is 12.1. The number of hydrazine groups is 1. The number of hydrogen-bond acceptors (Lipinski definition) is 4. The Bertz CT molecular complexity index is 610. The van der Waals surface area contributed by atoms with Gasteiger partial charge in [0, 0.05) is 11.8 Å². The van der Waals surface area contributed by atoms with E-state index in [4.69, 9.17) is 5.84 Å². The number of rotatable bonds is 3. The van der Waals surface area contributed by atoms with Crippen molar-refractivity contribution >= 4 is 17.3 Å². The van der Waals surface area contributed by atoms with Crippen molar-refractivity contribution in [1.82, 2.24) is 4.98 Å². The minimum absolute atomic E-state index is 0.164. The molecule has 2 rings (SSSR count). The van der Waals surface area contributed by atoms with Gasteiger partial charge >= 0.3 is 0 Å². The van der Waals surface area contributed by atoms with E-state index in [1.165, 1.54) is 0 Å². The van der Waals surface area contributed by atoms with Crippen molar-refractivity contribution in [2.45, 2.75) is 13.8 Å². The molecule has 0 bridgehead atoms. The zero-order valence-corrected chi connectivity index (χ0v) is 10.9. The minimum atomic E-state index is -0.164. The molecule has 4 N–H and O–H groups in total. The molecule has 5 nitrogen and oxygen atoms in total. The summed E-state index contributed by atoms with van der Waals surface area (Å²) in [4.78, 5) is 16.1. The first-order chi connectivity index (χ1) is 9.11. The number of carbonyl (C=O) groups excluding carboxylic acids is 1. The lowest BCUT2D eigenvalue weighted by molar-refractivity contribution is 0.102. The van der Waals surface area contributed by atoms with Gasteiger partial charge < -0.3 is 10.7 Å². The van der Waals surface area contributed by atoms with Crippen molar-refractivity contribution in [3.63, 3.8) is 0 Å². The summed E-state index contributed by atoms with van der Waals surface area (Å²) in [6.07, 6.45) is 3.33. The standard InChI is InChI=1S/C14H16N4O/c1-9-5-6-16-8-13(9)17-14(19)11-3-4-12(18-15)10(2)7-11/h3-8,18H,15H2,1-2H3,(H,17,19). The number of hydrogen-bond donors (Lipinski definition) is 3. The largest absolute Gasteiger partial charge is 0.324 e. The van der Waals surface area contributed by atoms with E-state index >= 15 is 0 Å². The Morgan fingerprint density at radius 2 is 1.95 bits per heavy atom. The number of carbonyl (C=O) groups is 1. The summed E-state index contributed by atoms with van der Waals surface area (Å²) in [6, 6.07) is 7.14. The van der Waals surface area contributed by atoms with Crippen LogP contribution in [0.25, 0.3) is 0 Å². The number of pyridine rings is 1. The summed E-state index contributed by atoms with van der Waals surface area (Å²) in [5.74, 6) is 5.20. The maximum Gasteiger partial charge on any atom is 0.255 e. The molecule has 0 radical (unpaired) electrons. The summed E-state index contributed by atoms with van der Waals surface area (Å²) >= 11 is 0. The molecule has 5 heteroatoms. The Morgan fingerprint density at radius 3 is 2.58 bits per heavy atom. The van der Waals surface area contributed by atoms with E-state index in [0.29, 0.717) is 11.3 Å². The van der Waals surface area contributed by atoms with Crippen LogP contribution in [0.5, 0.6) is 0 Å².